The van der Waals surface area contributed by atoms with E-state index in [0.717, 1.165) is 29.3 Å². The average molecular weight is 350 g/mol. The predicted molar refractivity (Wildman–Crippen MR) is 75.1 cm³/mol. The largest absolute Gasteiger partial charge is 0.497 e. The summed E-state index contributed by atoms with van der Waals surface area (Å²) in [4.78, 5) is 2.05. The topological polar surface area (TPSA) is 12.5 Å². The summed E-state index contributed by atoms with van der Waals surface area (Å²) >= 11 is 6.07. The molecule has 97 valence electrons. The summed E-state index contributed by atoms with van der Waals surface area (Å²) in [5.41, 5.74) is 2.86. The SMILES string of the molecule is C=C1C(Cl)=C[C-]=C(c2ccc(OC)cc2)N1CC.[Y]. The van der Waals surface area contributed by atoms with Gasteiger partial charge in [0.15, 0.2) is 0 Å². The fourth-order valence-electron chi connectivity index (χ4n) is 1.89. The van der Waals surface area contributed by atoms with Gasteiger partial charge in [0.05, 0.1) is 7.11 Å². The maximum atomic E-state index is 6.07. The van der Waals surface area contributed by atoms with E-state index < -0.39 is 0 Å². The molecule has 0 N–H and O–H groups in total. The second kappa shape index (κ2) is 7.28. The zero-order valence-corrected chi connectivity index (χ0v) is 14.7. The zero-order chi connectivity index (χ0) is 13.1. The van der Waals surface area contributed by atoms with E-state index in [1.807, 2.05) is 29.2 Å². The summed E-state index contributed by atoms with van der Waals surface area (Å²) in [6.45, 7) is 6.86. The molecule has 1 aliphatic heterocycles. The number of hydrogen-bond donors (Lipinski definition) is 0. The third kappa shape index (κ3) is 3.50. The molecule has 0 unspecified atom stereocenters. The van der Waals surface area contributed by atoms with E-state index in [2.05, 4.69) is 19.6 Å². The van der Waals surface area contributed by atoms with Crippen LogP contribution >= 0.6 is 11.6 Å². The van der Waals surface area contributed by atoms with Crippen LogP contribution in [-0.4, -0.2) is 18.6 Å². The van der Waals surface area contributed by atoms with Gasteiger partial charge < -0.3 is 9.64 Å². The molecule has 1 heterocycles. The van der Waals surface area contributed by atoms with E-state index in [0.29, 0.717) is 5.03 Å². The Morgan fingerprint density at radius 1 is 1.32 bits per heavy atom. The Morgan fingerprint density at radius 2 is 1.95 bits per heavy atom. The zero-order valence-electron chi connectivity index (χ0n) is 11.1. The van der Waals surface area contributed by atoms with E-state index in [4.69, 9.17) is 16.3 Å². The molecule has 0 spiro atoms. The minimum absolute atomic E-state index is 0. The van der Waals surface area contributed by atoms with Gasteiger partial charge in [-0.1, -0.05) is 17.8 Å². The smallest absolute Gasteiger partial charge is 0.116 e. The molecule has 0 saturated heterocycles. The van der Waals surface area contributed by atoms with E-state index in [1.165, 1.54) is 0 Å². The van der Waals surface area contributed by atoms with Gasteiger partial charge in [0.1, 0.15) is 5.75 Å². The predicted octanol–water partition coefficient (Wildman–Crippen LogP) is 3.81. The third-order valence-electron chi connectivity index (χ3n) is 2.89. The van der Waals surface area contributed by atoms with Gasteiger partial charge in [-0.3, -0.25) is 0 Å². The molecule has 0 aromatic heterocycles. The van der Waals surface area contributed by atoms with Gasteiger partial charge in [-0.2, -0.15) is 23.8 Å². The number of benzene rings is 1. The van der Waals surface area contributed by atoms with Gasteiger partial charge in [0.25, 0.3) is 0 Å². The molecule has 1 aromatic rings. The van der Waals surface area contributed by atoms with Crippen molar-refractivity contribution in [1.29, 1.82) is 0 Å². The van der Waals surface area contributed by atoms with Crippen molar-refractivity contribution < 1.29 is 37.4 Å². The second-order valence-corrected chi connectivity index (χ2v) is 4.31. The Balaban J connectivity index is 0.00000180. The van der Waals surface area contributed by atoms with Crippen LogP contribution < -0.4 is 4.74 Å². The number of rotatable bonds is 3. The number of halogens is 1. The minimum atomic E-state index is 0. The van der Waals surface area contributed by atoms with Crippen LogP contribution in [-0.2, 0) is 32.7 Å². The maximum Gasteiger partial charge on any atom is 0.116 e. The Morgan fingerprint density at radius 3 is 2.47 bits per heavy atom. The van der Waals surface area contributed by atoms with Crippen molar-refractivity contribution in [2.75, 3.05) is 13.7 Å². The van der Waals surface area contributed by atoms with Gasteiger partial charge in [0, 0.05) is 39.3 Å². The van der Waals surface area contributed by atoms with Gasteiger partial charge in [-0.05, 0) is 29.8 Å². The van der Waals surface area contributed by atoms with Gasteiger partial charge in [-0.15, -0.1) is 12.1 Å². The molecular formula is C15H15ClNOY-. The van der Waals surface area contributed by atoms with Crippen molar-refractivity contribution in [2.45, 2.75) is 6.92 Å². The van der Waals surface area contributed by atoms with Gasteiger partial charge in [-0.25, -0.2) is 0 Å². The third-order valence-corrected chi connectivity index (χ3v) is 3.21. The Hall–Kier alpha value is -0.566. The number of methoxy groups -OCH3 is 1. The van der Waals surface area contributed by atoms with E-state index in [-0.39, 0.29) is 32.7 Å². The molecule has 1 aromatic carbocycles. The van der Waals surface area contributed by atoms with Crippen LogP contribution in [0.3, 0.4) is 0 Å². The first-order valence-electron chi connectivity index (χ1n) is 5.77. The van der Waals surface area contributed by atoms with Crippen LogP contribution in [0, 0.1) is 6.08 Å². The summed E-state index contributed by atoms with van der Waals surface area (Å²) in [6, 6.07) is 7.87. The first kappa shape index (κ1) is 16.5. The number of ether oxygens (including phenoxy) is 1. The molecule has 1 radical (unpaired) electrons. The first-order valence-corrected chi connectivity index (χ1v) is 6.15. The maximum absolute atomic E-state index is 6.07. The van der Waals surface area contributed by atoms with Crippen molar-refractivity contribution in [1.82, 2.24) is 4.90 Å². The summed E-state index contributed by atoms with van der Waals surface area (Å²) in [5.74, 6) is 0.839. The number of nitrogens with zero attached hydrogens (tertiary/aromatic N) is 1. The van der Waals surface area contributed by atoms with E-state index >= 15 is 0 Å². The molecule has 0 amide bonds. The Labute approximate surface area is 144 Å². The minimum Gasteiger partial charge on any atom is -0.497 e. The molecule has 0 fully saturated rings. The standard InChI is InChI=1S/C15H15ClNO.Y/c1-4-17-11(2)14(16)9-10-15(17)12-5-7-13(18-3)8-6-12;/h5-9H,2,4H2,1,3H3;/q-1;. The molecular weight excluding hydrogens is 335 g/mol. The average Bonchev–Trinajstić information content (AvgIpc) is 2.42. The molecule has 2 rings (SSSR count). The number of allylic oxidation sites excluding steroid dienone is 3. The van der Waals surface area contributed by atoms with Gasteiger partial charge >= 0.3 is 0 Å². The molecule has 0 saturated carbocycles. The summed E-state index contributed by atoms with van der Waals surface area (Å²) in [5, 5.41) is 0.633. The molecule has 0 bridgehead atoms. The van der Waals surface area contributed by atoms with Crippen molar-refractivity contribution >= 4 is 17.3 Å². The molecule has 4 heteroatoms. The van der Waals surface area contributed by atoms with Crippen LogP contribution in [0.25, 0.3) is 5.70 Å². The summed E-state index contributed by atoms with van der Waals surface area (Å²) in [7, 11) is 1.66. The fraction of sp³-hybridized carbons (Fsp3) is 0.200. The fourth-order valence-corrected chi connectivity index (χ4v) is 2.05. The van der Waals surface area contributed by atoms with Crippen LogP contribution in [0.15, 0.2) is 47.6 Å². The van der Waals surface area contributed by atoms with Crippen LogP contribution in [0.2, 0.25) is 0 Å². The number of likely N-dealkylation sites (N-methyl/N-ethyl adjacent to an activating group) is 1. The Bertz CT molecular complexity index is 519. The van der Waals surface area contributed by atoms with Crippen molar-refractivity contribution in [3.05, 3.63) is 59.3 Å². The molecule has 0 aliphatic carbocycles. The molecule has 2 nitrogen and oxygen atoms in total. The Kier molecular flexibility index (Phi) is 6.32. The van der Waals surface area contributed by atoms with Crippen molar-refractivity contribution in [3.63, 3.8) is 0 Å². The van der Waals surface area contributed by atoms with E-state index in [1.54, 1.807) is 13.2 Å². The van der Waals surface area contributed by atoms with Crippen LogP contribution in [0.5, 0.6) is 5.75 Å². The van der Waals surface area contributed by atoms with Crippen molar-refractivity contribution in [2.24, 2.45) is 0 Å². The van der Waals surface area contributed by atoms with Crippen molar-refractivity contribution in [3.8, 4) is 5.75 Å². The normalized spacial score (nSPS) is 14.5. The summed E-state index contributed by atoms with van der Waals surface area (Å²) < 4.78 is 5.15. The summed E-state index contributed by atoms with van der Waals surface area (Å²) in [6.07, 6.45) is 4.96. The quantitative estimate of drug-likeness (QED) is 0.770. The first-order chi connectivity index (χ1) is 8.67. The molecule has 1 aliphatic rings. The molecule has 0 atom stereocenters. The molecule has 19 heavy (non-hydrogen) atoms. The van der Waals surface area contributed by atoms with E-state index in [9.17, 15) is 0 Å². The van der Waals surface area contributed by atoms with Crippen LogP contribution in [0.1, 0.15) is 12.5 Å². The second-order valence-electron chi connectivity index (χ2n) is 3.90. The number of hydrogen-bond acceptors (Lipinski definition) is 2. The van der Waals surface area contributed by atoms with Gasteiger partial charge in [0.2, 0.25) is 0 Å². The monoisotopic (exact) mass is 349 g/mol. The van der Waals surface area contributed by atoms with Crippen LogP contribution in [0.4, 0.5) is 0 Å².